The van der Waals surface area contributed by atoms with Crippen molar-refractivity contribution in [2.24, 2.45) is 0 Å². The van der Waals surface area contributed by atoms with Gasteiger partial charge in [0, 0.05) is 0 Å². The van der Waals surface area contributed by atoms with Gasteiger partial charge in [-0.25, -0.2) is 0 Å². The zero-order valence-electron chi connectivity index (χ0n) is 11.0. The molecule has 0 atom stereocenters. The molecule has 1 aromatic rings. The smallest absolute Gasteiger partial charge is 0.250 e. The van der Waals surface area contributed by atoms with Crippen LogP contribution in [-0.4, -0.2) is 15.4 Å². The molecule has 0 aliphatic rings. The summed E-state index contributed by atoms with van der Waals surface area (Å²) in [7, 11) is -0.133. The monoisotopic (exact) mass is 237 g/mol. The zero-order valence-corrected chi connectivity index (χ0v) is 12.0. The van der Waals surface area contributed by atoms with Gasteiger partial charge in [-0.3, -0.25) is 0 Å². The Hall–Kier alpha value is -0.963. The van der Waals surface area contributed by atoms with Crippen molar-refractivity contribution >= 4 is 8.32 Å². The Labute approximate surface area is 99.7 Å². The van der Waals surface area contributed by atoms with Crippen LogP contribution in [0.5, 0.6) is 11.5 Å². The lowest BCUT2D eigenvalue weighted by Crippen LogP contribution is -2.43. The Morgan fingerprint density at radius 1 is 1.19 bits per heavy atom. The molecule has 0 fully saturated rings. The molecule has 0 heterocycles. The second-order valence-corrected chi connectivity index (χ2v) is 10.2. The van der Waals surface area contributed by atoms with E-state index >= 15 is 0 Å². The average Bonchev–Trinajstić information content (AvgIpc) is 2.16. The van der Waals surface area contributed by atoms with E-state index in [2.05, 4.69) is 39.9 Å². The van der Waals surface area contributed by atoms with Crippen LogP contribution in [0.25, 0.3) is 0 Å². The highest BCUT2D eigenvalue weighted by Crippen LogP contribution is 2.39. The van der Waals surface area contributed by atoms with E-state index in [1.807, 2.05) is 18.2 Å². The summed E-state index contributed by atoms with van der Waals surface area (Å²) in [5, 5.41) is 0.188. The van der Waals surface area contributed by atoms with Crippen molar-refractivity contribution in [1.29, 1.82) is 0 Å². The van der Waals surface area contributed by atoms with E-state index in [0.29, 0.717) is 0 Å². The fraction of sp³-hybridized carbons (Fsp3) is 0.538. The van der Waals surface area contributed by atoms with Gasteiger partial charge >= 0.3 is 0 Å². The third kappa shape index (κ3) is 2.79. The number of benzene rings is 1. The molecule has 3 heteroatoms. The second-order valence-electron chi connectivity index (χ2n) is 5.44. The maximum Gasteiger partial charge on any atom is 0.250 e. The lowest BCUT2D eigenvalue weighted by molar-refractivity contribution is 0.386. The summed E-state index contributed by atoms with van der Waals surface area (Å²) < 4.78 is 11.5. The van der Waals surface area contributed by atoms with Crippen molar-refractivity contribution in [2.45, 2.75) is 38.9 Å². The normalized spacial score (nSPS) is 12.4. The van der Waals surface area contributed by atoms with Crippen LogP contribution in [0.3, 0.4) is 0 Å². The highest BCUT2D eigenvalue weighted by atomic mass is 28.4. The molecule has 0 aliphatic heterocycles. The van der Waals surface area contributed by atoms with Gasteiger partial charge in [0.1, 0.15) is 5.75 Å². The predicted octanol–water partition coefficient (Wildman–Crippen LogP) is 3.88. The summed E-state index contributed by atoms with van der Waals surface area (Å²) in [5.41, 5.74) is 0. The summed E-state index contributed by atoms with van der Waals surface area (Å²) in [6, 6.07) is 8.58. The third-order valence-electron chi connectivity index (χ3n) is 3.18. The lowest BCUT2D eigenvalue weighted by atomic mass is 10.2. The summed E-state index contributed by atoms with van der Waals surface area (Å²) in [6.07, 6.45) is 0. The van der Waals surface area contributed by atoms with E-state index in [-0.39, 0.29) is 5.04 Å². The molecule has 2 nitrogen and oxygen atoms in total. The van der Waals surface area contributed by atoms with Gasteiger partial charge in [-0.15, -0.1) is 0 Å². The van der Waals surface area contributed by atoms with Crippen LogP contribution in [0.2, 0.25) is 18.1 Å². The standard InChI is InChI=1S/C13H21O2Si/c1-13(2,3)16(5,6)15-12-10-8-7-9-11(12)14-4/h7,9-10H,1-6H3. The highest BCUT2D eigenvalue weighted by molar-refractivity contribution is 6.74. The maximum atomic E-state index is 6.17. The van der Waals surface area contributed by atoms with Crippen LogP contribution in [-0.2, 0) is 0 Å². The Morgan fingerprint density at radius 2 is 1.81 bits per heavy atom. The SMILES string of the molecule is COc1cc[c]cc1O[Si](C)(C)C(C)(C)C. The molecule has 16 heavy (non-hydrogen) atoms. The Morgan fingerprint density at radius 3 is 2.31 bits per heavy atom. The topological polar surface area (TPSA) is 18.5 Å². The van der Waals surface area contributed by atoms with Crippen LogP contribution < -0.4 is 9.16 Å². The van der Waals surface area contributed by atoms with Crippen LogP contribution in [0.15, 0.2) is 18.2 Å². The maximum absolute atomic E-state index is 6.17. The van der Waals surface area contributed by atoms with Crippen molar-refractivity contribution < 1.29 is 9.16 Å². The molecule has 1 aromatic carbocycles. The summed E-state index contributed by atoms with van der Waals surface area (Å²) in [6.45, 7) is 11.1. The number of ether oxygens (including phenoxy) is 1. The van der Waals surface area contributed by atoms with Crippen molar-refractivity contribution in [1.82, 2.24) is 0 Å². The molecule has 0 spiro atoms. The molecule has 0 aliphatic carbocycles. The van der Waals surface area contributed by atoms with E-state index < -0.39 is 8.32 Å². The van der Waals surface area contributed by atoms with Crippen molar-refractivity contribution in [3.05, 3.63) is 24.3 Å². The Balaban J connectivity index is 2.96. The van der Waals surface area contributed by atoms with Gasteiger partial charge in [0.25, 0.3) is 8.32 Å². The molecular formula is C13H21O2Si. The summed E-state index contributed by atoms with van der Waals surface area (Å²) in [4.78, 5) is 0. The molecule has 0 saturated heterocycles. The van der Waals surface area contributed by atoms with Crippen molar-refractivity contribution in [3.63, 3.8) is 0 Å². The molecule has 1 rings (SSSR count). The van der Waals surface area contributed by atoms with Gasteiger partial charge in [0.2, 0.25) is 0 Å². The first-order valence-electron chi connectivity index (χ1n) is 5.51. The summed E-state index contributed by atoms with van der Waals surface area (Å²) >= 11 is 0. The van der Waals surface area contributed by atoms with Crippen LogP contribution in [0.4, 0.5) is 0 Å². The molecule has 0 saturated carbocycles. The highest BCUT2D eigenvalue weighted by Gasteiger charge is 2.39. The Kier molecular flexibility index (Phi) is 3.68. The van der Waals surface area contributed by atoms with Crippen LogP contribution >= 0.6 is 0 Å². The first-order valence-corrected chi connectivity index (χ1v) is 8.42. The number of methoxy groups -OCH3 is 1. The van der Waals surface area contributed by atoms with Crippen LogP contribution in [0.1, 0.15) is 20.8 Å². The molecule has 0 aromatic heterocycles. The lowest BCUT2D eigenvalue weighted by Gasteiger charge is -2.36. The van der Waals surface area contributed by atoms with Crippen LogP contribution in [0, 0.1) is 6.07 Å². The Bertz CT molecular complexity index is 353. The van der Waals surface area contributed by atoms with E-state index in [1.54, 1.807) is 7.11 Å². The fourth-order valence-corrected chi connectivity index (χ4v) is 2.09. The van der Waals surface area contributed by atoms with Gasteiger partial charge in [0.15, 0.2) is 5.75 Å². The van der Waals surface area contributed by atoms with E-state index in [0.717, 1.165) is 11.5 Å². The second kappa shape index (κ2) is 4.50. The molecule has 1 radical (unpaired) electrons. The van der Waals surface area contributed by atoms with Gasteiger partial charge in [0.05, 0.1) is 7.11 Å². The fourth-order valence-electron chi connectivity index (χ4n) is 1.08. The largest absolute Gasteiger partial charge is 0.541 e. The molecular weight excluding hydrogens is 216 g/mol. The number of hydrogen-bond donors (Lipinski definition) is 0. The molecule has 0 amide bonds. The molecule has 0 unspecified atom stereocenters. The van der Waals surface area contributed by atoms with E-state index in [9.17, 15) is 0 Å². The zero-order chi connectivity index (χ0) is 12.4. The third-order valence-corrected chi connectivity index (χ3v) is 7.52. The molecule has 89 valence electrons. The van der Waals surface area contributed by atoms with Gasteiger partial charge in [-0.05, 0) is 36.3 Å². The predicted molar refractivity (Wildman–Crippen MR) is 69.7 cm³/mol. The van der Waals surface area contributed by atoms with Crippen molar-refractivity contribution in [3.8, 4) is 11.5 Å². The van der Waals surface area contributed by atoms with Gasteiger partial charge in [-0.2, -0.15) is 0 Å². The van der Waals surface area contributed by atoms with E-state index in [1.165, 1.54) is 0 Å². The summed E-state index contributed by atoms with van der Waals surface area (Å²) in [5.74, 6) is 1.58. The first-order chi connectivity index (χ1) is 7.28. The molecule has 0 N–H and O–H groups in total. The first kappa shape index (κ1) is 13.1. The minimum atomic E-state index is -1.79. The van der Waals surface area contributed by atoms with Gasteiger partial charge in [-0.1, -0.05) is 26.8 Å². The number of hydrogen-bond acceptors (Lipinski definition) is 2. The minimum Gasteiger partial charge on any atom is -0.541 e. The molecule has 0 bridgehead atoms. The quantitative estimate of drug-likeness (QED) is 0.743. The average molecular weight is 237 g/mol. The van der Waals surface area contributed by atoms with Gasteiger partial charge < -0.3 is 9.16 Å². The van der Waals surface area contributed by atoms with Crippen molar-refractivity contribution in [2.75, 3.05) is 7.11 Å². The number of rotatable bonds is 3. The minimum absolute atomic E-state index is 0.188. The van der Waals surface area contributed by atoms with E-state index in [4.69, 9.17) is 9.16 Å².